The van der Waals surface area contributed by atoms with Crippen LogP contribution < -0.4 is 0 Å². The Bertz CT molecular complexity index is 813. The van der Waals surface area contributed by atoms with Gasteiger partial charge in [-0.05, 0) is 60.9 Å². The normalized spacial score (nSPS) is 12.6. The molecule has 3 aromatic rings. The molecule has 0 saturated heterocycles. The second kappa shape index (κ2) is 5.47. The van der Waals surface area contributed by atoms with Crippen molar-refractivity contribution in [3.63, 3.8) is 0 Å². The van der Waals surface area contributed by atoms with Crippen LogP contribution in [0.5, 0.6) is 0 Å². The second-order valence-electron chi connectivity index (χ2n) is 5.31. The molecule has 2 nitrogen and oxygen atoms in total. The largest absolute Gasteiger partial charge is 0.384 e. The summed E-state index contributed by atoms with van der Waals surface area (Å²) >= 11 is 5.97. The Labute approximate surface area is 129 Å². The number of benzene rings is 2. The molecule has 21 heavy (non-hydrogen) atoms. The topological polar surface area (TPSA) is 33.1 Å². The van der Waals surface area contributed by atoms with E-state index >= 15 is 0 Å². The zero-order chi connectivity index (χ0) is 15.0. The molecule has 0 aliphatic carbocycles. The van der Waals surface area contributed by atoms with Gasteiger partial charge in [0.15, 0.2) is 0 Å². The molecule has 1 unspecified atom stereocenters. The Hall–Kier alpha value is -1.90. The number of halogens is 1. The molecule has 2 aromatic carbocycles. The number of hydrogen-bond acceptors (Lipinski definition) is 2. The molecular weight excluding hydrogens is 282 g/mol. The number of aliphatic hydroxyl groups is 1. The first kappa shape index (κ1) is 14.1. The maximum atomic E-state index is 10.6. The van der Waals surface area contributed by atoms with Crippen LogP contribution in [-0.2, 0) is 0 Å². The van der Waals surface area contributed by atoms with Crippen LogP contribution in [0, 0.1) is 13.8 Å². The lowest BCUT2D eigenvalue weighted by Crippen LogP contribution is -2.02. The van der Waals surface area contributed by atoms with Crippen molar-refractivity contribution in [1.29, 1.82) is 0 Å². The van der Waals surface area contributed by atoms with E-state index < -0.39 is 6.10 Å². The zero-order valence-corrected chi connectivity index (χ0v) is 12.7. The summed E-state index contributed by atoms with van der Waals surface area (Å²) in [6.45, 7) is 3.93. The van der Waals surface area contributed by atoms with Gasteiger partial charge in [0, 0.05) is 16.1 Å². The Balaban J connectivity index is 2.04. The molecule has 106 valence electrons. The second-order valence-corrected chi connectivity index (χ2v) is 5.74. The van der Waals surface area contributed by atoms with Crippen LogP contribution in [0.1, 0.15) is 28.5 Å². The van der Waals surface area contributed by atoms with Gasteiger partial charge in [-0.15, -0.1) is 0 Å². The highest BCUT2D eigenvalue weighted by atomic mass is 35.5. The molecule has 0 bridgehead atoms. The number of aromatic nitrogens is 1. The van der Waals surface area contributed by atoms with E-state index in [0.717, 1.165) is 33.3 Å². The number of hydrogen-bond donors (Lipinski definition) is 1. The standard InChI is InChI=1S/C18H16ClNO/c1-11-9-15(19)6-7-16(11)18(21)14-5-8-17-13(10-14)4-3-12(2)20-17/h3-10,18,21H,1-2H3. The molecule has 0 spiro atoms. The van der Waals surface area contributed by atoms with E-state index in [1.165, 1.54) is 0 Å². The zero-order valence-electron chi connectivity index (χ0n) is 12.0. The third-order valence-corrected chi connectivity index (χ3v) is 3.93. The van der Waals surface area contributed by atoms with Gasteiger partial charge in [-0.3, -0.25) is 4.98 Å². The molecule has 1 atom stereocenters. The molecule has 0 amide bonds. The van der Waals surface area contributed by atoms with Crippen molar-refractivity contribution in [1.82, 2.24) is 4.98 Å². The van der Waals surface area contributed by atoms with Gasteiger partial charge >= 0.3 is 0 Å². The van der Waals surface area contributed by atoms with Crippen molar-refractivity contribution >= 4 is 22.5 Å². The number of aliphatic hydroxyl groups excluding tert-OH is 1. The summed E-state index contributed by atoms with van der Waals surface area (Å²) in [6, 6.07) is 15.4. The van der Waals surface area contributed by atoms with E-state index in [-0.39, 0.29) is 0 Å². The number of nitrogens with zero attached hydrogens (tertiary/aromatic N) is 1. The summed E-state index contributed by atoms with van der Waals surface area (Å²) in [5, 5.41) is 12.3. The summed E-state index contributed by atoms with van der Waals surface area (Å²) in [5.41, 5.74) is 4.65. The van der Waals surface area contributed by atoms with Crippen LogP contribution in [0.25, 0.3) is 10.9 Å². The summed E-state index contributed by atoms with van der Waals surface area (Å²) in [6.07, 6.45) is -0.659. The number of fused-ring (bicyclic) bond motifs is 1. The number of pyridine rings is 1. The van der Waals surface area contributed by atoms with Crippen molar-refractivity contribution in [2.24, 2.45) is 0 Å². The van der Waals surface area contributed by atoms with Gasteiger partial charge < -0.3 is 5.11 Å². The van der Waals surface area contributed by atoms with Crippen molar-refractivity contribution in [3.8, 4) is 0 Å². The lowest BCUT2D eigenvalue weighted by Gasteiger charge is -2.15. The highest BCUT2D eigenvalue weighted by Crippen LogP contribution is 2.28. The molecule has 1 N–H and O–H groups in total. The maximum absolute atomic E-state index is 10.6. The van der Waals surface area contributed by atoms with Crippen molar-refractivity contribution in [2.45, 2.75) is 20.0 Å². The summed E-state index contributed by atoms with van der Waals surface area (Å²) in [7, 11) is 0. The third kappa shape index (κ3) is 2.78. The highest BCUT2D eigenvalue weighted by Gasteiger charge is 2.13. The minimum absolute atomic E-state index is 0.659. The van der Waals surface area contributed by atoms with Crippen LogP contribution in [0.3, 0.4) is 0 Å². The van der Waals surface area contributed by atoms with Gasteiger partial charge in [-0.25, -0.2) is 0 Å². The van der Waals surface area contributed by atoms with E-state index in [1.807, 2.05) is 56.3 Å². The van der Waals surface area contributed by atoms with Crippen molar-refractivity contribution in [2.75, 3.05) is 0 Å². The van der Waals surface area contributed by atoms with Crippen molar-refractivity contribution < 1.29 is 5.11 Å². The molecule has 0 aliphatic heterocycles. The Morgan fingerprint density at radius 2 is 1.81 bits per heavy atom. The van der Waals surface area contributed by atoms with Crippen LogP contribution in [0.15, 0.2) is 48.5 Å². The molecule has 1 heterocycles. The van der Waals surface area contributed by atoms with Gasteiger partial charge in [0.1, 0.15) is 6.10 Å². The average molecular weight is 298 g/mol. The van der Waals surface area contributed by atoms with Crippen LogP contribution >= 0.6 is 11.6 Å². The fraction of sp³-hybridized carbons (Fsp3) is 0.167. The van der Waals surface area contributed by atoms with Crippen molar-refractivity contribution in [3.05, 3.63) is 75.9 Å². The average Bonchev–Trinajstić information content (AvgIpc) is 2.46. The van der Waals surface area contributed by atoms with Gasteiger partial charge in [-0.2, -0.15) is 0 Å². The fourth-order valence-corrected chi connectivity index (χ4v) is 2.77. The maximum Gasteiger partial charge on any atom is 0.104 e. The smallest absolute Gasteiger partial charge is 0.104 e. The van der Waals surface area contributed by atoms with E-state index in [0.29, 0.717) is 5.02 Å². The molecule has 0 radical (unpaired) electrons. The van der Waals surface area contributed by atoms with Crippen LogP contribution in [0.4, 0.5) is 0 Å². The van der Waals surface area contributed by atoms with Gasteiger partial charge in [0.05, 0.1) is 5.52 Å². The Morgan fingerprint density at radius 3 is 2.57 bits per heavy atom. The molecular formula is C18H16ClNO. The molecule has 0 aliphatic rings. The third-order valence-electron chi connectivity index (χ3n) is 3.69. The lowest BCUT2D eigenvalue weighted by molar-refractivity contribution is 0.219. The number of rotatable bonds is 2. The molecule has 3 heteroatoms. The van der Waals surface area contributed by atoms with Crippen LogP contribution in [-0.4, -0.2) is 10.1 Å². The minimum atomic E-state index is -0.659. The SMILES string of the molecule is Cc1ccc2cc(C(O)c3ccc(Cl)cc3C)ccc2n1. The van der Waals surface area contributed by atoms with E-state index in [1.54, 1.807) is 6.07 Å². The van der Waals surface area contributed by atoms with Gasteiger partial charge in [0.2, 0.25) is 0 Å². The summed E-state index contributed by atoms with van der Waals surface area (Å²) < 4.78 is 0. The Morgan fingerprint density at radius 1 is 1.00 bits per heavy atom. The monoisotopic (exact) mass is 297 g/mol. The molecule has 3 rings (SSSR count). The van der Waals surface area contributed by atoms with E-state index in [4.69, 9.17) is 11.6 Å². The summed E-state index contributed by atoms with van der Waals surface area (Å²) in [5.74, 6) is 0. The van der Waals surface area contributed by atoms with Gasteiger partial charge in [0.25, 0.3) is 0 Å². The van der Waals surface area contributed by atoms with E-state index in [2.05, 4.69) is 4.98 Å². The molecule has 0 fully saturated rings. The highest BCUT2D eigenvalue weighted by molar-refractivity contribution is 6.30. The predicted molar refractivity (Wildman–Crippen MR) is 86.7 cm³/mol. The first-order chi connectivity index (χ1) is 10.0. The number of aryl methyl sites for hydroxylation is 2. The quantitative estimate of drug-likeness (QED) is 0.750. The van der Waals surface area contributed by atoms with Gasteiger partial charge in [-0.1, -0.05) is 29.8 Å². The Kier molecular flexibility index (Phi) is 3.66. The first-order valence-electron chi connectivity index (χ1n) is 6.86. The van der Waals surface area contributed by atoms with Crippen LogP contribution in [0.2, 0.25) is 5.02 Å². The fourth-order valence-electron chi connectivity index (χ4n) is 2.54. The summed E-state index contributed by atoms with van der Waals surface area (Å²) in [4.78, 5) is 4.48. The first-order valence-corrected chi connectivity index (χ1v) is 7.24. The predicted octanol–water partition coefficient (Wildman–Crippen LogP) is 4.59. The van der Waals surface area contributed by atoms with E-state index in [9.17, 15) is 5.11 Å². The lowest BCUT2D eigenvalue weighted by atomic mass is 9.96. The molecule has 1 aromatic heterocycles. The molecule has 0 saturated carbocycles. The minimum Gasteiger partial charge on any atom is -0.384 e.